The van der Waals surface area contributed by atoms with Gasteiger partial charge in [-0.05, 0) is 26.0 Å². The molecule has 1 N–H and O–H groups in total. The number of ether oxygens (including phenoxy) is 2. The Bertz CT molecular complexity index is 1210. The fraction of sp³-hybridized carbons (Fsp3) is 0.250. The van der Waals surface area contributed by atoms with Crippen molar-refractivity contribution in [3.63, 3.8) is 0 Å². The van der Waals surface area contributed by atoms with Crippen LogP contribution in [0.4, 0.5) is 4.39 Å². The van der Waals surface area contributed by atoms with E-state index in [0.29, 0.717) is 38.0 Å². The second-order valence-corrected chi connectivity index (χ2v) is 8.03. The lowest BCUT2D eigenvalue weighted by atomic mass is 10.2. The Kier molecular flexibility index (Phi) is 5.24. The average Bonchev–Trinajstić information content (AvgIpc) is 3.09. The van der Waals surface area contributed by atoms with Gasteiger partial charge in [-0.3, -0.25) is 0 Å². The predicted octanol–water partition coefficient (Wildman–Crippen LogP) is 4.86. The van der Waals surface area contributed by atoms with Gasteiger partial charge in [-0.2, -0.15) is 0 Å². The van der Waals surface area contributed by atoms with Crippen LogP contribution in [0.5, 0.6) is 11.6 Å². The lowest BCUT2D eigenvalue weighted by Gasteiger charge is -2.17. The summed E-state index contributed by atoms with van der Waals surface area (Å²) in [6.07, 6.45) is 0.253. The molecule has 0 radical (unpaired) electrons. The Labute approximate surface area is 174 Å². The largest absolute Gasteiger partial charge is 0.485 e. The number of rotatable bonds is 5. The minimum absolute atomic E-state index is 0.0709. The summed E-state index contributed by atoms with van der Waals surface area (Å²) in [5, 5.41) is 10.7. The van der Waals surface area contributed by atoms with Crippen molar-refractivity contribution < 1.29 is 19.0 Å². The minimum atomic E-state index is -0.726. The van der Waals surface area contributed by atoms with Gasteiger partial charge in [0.2, 0.25) is 5.88 Å². The second-order valence-electron chi connectivity index (χ2n) is 6.57. The lowest BCUT2D eigenvalue weighted by Crippen LogP contribution is -2.25. The van der Waals surface area contributed by atoms with E-state index in [1.807, 2.05) is 0 Å². The number of aliphatic hydroxyl groups is 1. The molecule has 2 aromatic carbocycles. The molecule has 0 unspecified atom stereocenters. The first-order valence-corrected chi connectivity index (χ1v) is 10.0. The molecule has 29 heavy (non-hydrogen) atoms. The van der Waals surface area contributed by atoms with Gasteiger partial charge in [-0.1, -0.05) is 11.6 Å². The quantitative estimate of drug-likeness (QED) is 0.484. The number of hydrogen-bond donors (Lipinski definition) is 1. The fourth-order valence-electron chi connectivity index (χ4n) is 2.77. The van der Waals surface area contributed by atoms with Crippen molar-refractivity contribution in [2.24, 2.45) is 0 Å². The monoisotopic (exact) mass is 433 g/mol. The molecule has 2 atom stereocenters. The van der Waals surface area contributed by atoms with Gasteiger partial charge < -0.3 is 14.6 Å². The SMILES string of the molecule is COc1cnc2c(-c3nc4cc(F)c(O[C@@H](C)[C@@H](C)O)cc4s3)cc(Cl)cc2n1. The molecule has 0 aliphatic rings. The normalized spacial score (nSPS) is 13.6. The van der Waals surface area contributed by atoms with Crippen LogP contribution in [0.1, 0.15) is 13.8 Å². The van der Waals surface area contributed by atoms with E-state index < -0.39 is 18.0 Å². The molecule has 0 aliphatic carbocycles. The molecule has 0 fully saturated rings. The van der Waals surface area contributed by atoms with Crippen molar-refractivity contribution in [2.45, 2.75) is 26.1 Å². The van der Waals surface area contributed by atoms with Gasteiger partial charge in [-0.15, -0.1) is 11.3 Å². The first kappa shape index (κ1) is 19.8. The van der Waals surface area contributed by atoms with E-state index >= 15 is 0 Å². The standard InChI is InChI=1S/C20H17ClFN3O3S/c1-9(26)10(2)28-16-7-17-14(6-13(16)22)25-20(29-17)12-4-11(21)5-15-19(12)23-8-18(24-15)27-3/h4-10,26H,1-3H3/t9-,10+/m1/s1. The lowest BCUT2D eigenvalue weighted by molar-refractivity contribution is 0.0580. The highest BCUT2D eigenvalue weighted by molar-refractivity contribution is 7.21. The summed E-state index contributed by atoms with van der Waals surface area (Å²) < 4.78 is 25.9. The number of halogens is 2. The van der Waals surface area contributed by atoms with Gasteiger partial charge in [0, 0.05) is 22.7 Å². The van der Waals surface area contributed by atoms with Crippen LogP contribution in [0.15, 0.2) is 30.5 Å². The van der Waals surface area contributed by atoms with E-state index in [4.69, 9.17) is 21.1 Å². The predicted molar refractivity (Wildman–Crippen MR) is 111 cm³/mol. The molecule has 2 heterocycles. The summed E-state index contributed by atoms with van der Waals surface area (Å²) in [4.78, 5) is 13.4. The maximum Gasteiger partial charge on any atom is 0.232 e. The molecular weight excluding hydrogens is 417 g/mol. The molecule has 9 heteroatoms. The van der Waals surface area contributed by atoms with Crippen molar-refractivity contribution in [1.82, 2.24) is 15.0 Å². The van der Waals surface area contributed by atoms with E-state index in [2.05, 4.69) is 15.0 Å². The highest BCUT2D eigenvalue weighted by Crippen LogP contribution is 2.37. The number of benzene rings is 2. The molecule has 2 aromatic heterocycles. The summed E-state index contributed by atoms with van der Waals surface area (Å²) >= 11 is 7.63. The third kappa shape index (κ3) is 3.83. The smallest absolute Gasteiger partial charge is 0.232 e. The highest BCUT2D eigenvalue weighted by atomic mass is 35.5. The zero-order valence-corrected chi connectivity index (χ0v) is 17.4. The van der Waals surface area contributed by atoms with Crippen LogP contribution in [0.25, 0.3) is 31.8 Å². The number of nitrogens with zero attached hydrogens (tertiary/aromatic N) is 3. The molecule has 6 nitrogen and oxygen atoms in total. The number of hydrogen-bond acceptors (Lipinski definition) is 7. The zero-order chi connectivity index (χ0) is 20.7. The highest BCUT2D eigenvalue weighted by Gasteiger charge is 2.18. The summed E-state index contributed by atoms with van der Waals surface area (Å²) in [5.74, 6) is -0.0879. The van der Waals surface area contributed by atoms with Crippen LogP contribution in [-0.4, -0.2) is 39.4 Å². The Morgan fingerprint density at radius 2 is 1.93 bits per heavy atom. The maximum absolute atomic E-state index is 14.5. The number of aromatic nitrogens is 3. The van der Waals surface area contributed by atoms with Gasteiger partial charge >= 0.3 is 0 Å². The topological polar surface area (TPSA) is 77.4 Å². The molecule has 0 aliphatic heterocycles. The Balaban J connectivity index is 1.82. The number of fused-ring (bicyclic) bond motifs is 2. The molecule has 150 valence electrons. The van der Waals surface area contributed by atoms with E-state index in [-0.39, 0.29) is 5.75 Å². The van der Waals surface area contributed by atoms with Crippen LogP contribution in [0.2, 0.25) is 5.02 Å². The van der Waals surface area contributed by atoms with Crippen molar-refractivity contribution in [3.05, 3.63) is 41.3 Å². The molecular formula is C20H17ClFN3O3S. The van der Waals surface area contributed by atoms with E-state index in [1.165, 1.54) is 30.7 Å². The molecule has 4 aromatic rings. The second kappa shape index (κ2) is 7.70. The maximum atomic E-state index is 14.5. The van der Waals surface area contributed by atoms with E-state index in [9.17, 15) is 9.50 Å². The van der Waals surface area contributed by atoms with E-state index in [1.54, 1.807) is 32.0 Å². The average molecular weight is 434 g/mol. The van der Waals surface area contributed by atoms with Crippen LogP contribution < -0.4 is 9.47 Å². The Morgan fingerprint density at radius 1 is 1.14 bits per heavy atom. The van der Waals surface area contributed by atoms with Gasteiger partial charge in [0.05, 0.1) is 40.7 Å². The van der Waals surface area contributed by atoms with E-state index in [0.717, 1.165) is 4.70 Å². The third-order valence-electron chi connectivity index (χ3n) is 4.46. The van der Waals surface area contributed by atoms with Crippen molar-refractivity contribution in [1.29, 1.82) is 0 Å². The fourth-order valence-corrected chi connectivity index (χ4v) is 3.97. The van der Waals surface area contributed by atoms with Gasteiger partial charge in [-0.25, -0.2) is 19.3 Å². The molecule has 0 saturated carbocycles. The molecule has 0 spiro atoms. The van der Waals surface area contributed by atoms with Gasteiger partial charge in [0.25, 0.3) is 0 Å². The van der Waals surface area contributed by atoms with Crippen LogP contribution in [0, 0.1) is 5.82 Å². The molecule has 4 rings (SSSR count). The Hall–Kier alpha value is -2.55. The molecule has 0 bridgehead atoms. The van der Waals surface area contributed by atoms with Crippen molar-refractivity contribution >= 4 is 44.2 Å². The molecule has 0 saturated heterocycles. The molecule has 0 amide bonds. The van der Waals surface area contributed by atoms with Gasteiger partial charge in [0.15, 0.2) is 11.6 Å². The van der Waals surface area contributed by atoms with Crippen molar-refractivity contribution in [2.75, 3.05) is 7.11 Å². The summed E-state index contributed by atoms with van der Waals surface area (Å²) in [5.41, 5.74) is 2.39. The van der Waals surface area contributed by atoms with Gasteiger partial charge in [0.1, 0.15) is 11.1 Å². The number of methoxy groups -OCH3 is 1. The first-order chi connectivity index (χ1) is 13.9. The Morgan fingerprint density at radius 3 is 2.66 bits per heavy atom. The summed E-state index contributed by atoms with van der Waals surface area (Å²) in [7, 11) is 1.52. The number of aliphatic hydroxyl groups excluding tert-OH is 1. The third-order valence-corrected chi connectivity index (χ3v) is 5.73. The summed E-state index contributed by atoms with van der Waals surface area (Å²) in [6.45, 7) is 3.27. The van der Waals surface area contributed by atoms with Crippen LogP contribution in [-0.2, 0) is 0 Å². The zero-order valence-electron chi connectivity index (χ0n) is 15.8. The minimum Gasteiger partial charge on any atom is -0.485 e. The first-order valence-electron chi connectivity index (χ1n) is 8.81. The van der Waals surface area contributed by atoms with Crippen LogP contribution >= 0.6 is 22.9 Å². The van der Waals surface area contributed by atoms with Crippen molar-refractivity contribution in [3.8, 4) is 22.2 Å². The van der Waals surface area contributed by atoms with Crippen LogP contribution in [0.3, 0.4) is 0 Å². The number of thiazole rings is 1. The summed E-state index contributed by atoms with van der Waals surface area (Å²) in [6, 6.07) is 6.37.